The lowest BCUT2D eigenvalue weighted by Crippen LogP contribution is -2.47. The van der Waals surface area contributed by atoms with Crippen molar-refractivity contribution in [3.63, 3.8) is 0 Å². The molecule has 2 aromatic rings. The molecule has 0 saturated heterocycles. The molecule has 0 saturated carbocycles. The van der Waals surface area contributed by atoms with E-state index in [9.17, 15) is 9.59 Å². The van der Waals surface area contributed by atoms with Crippen LogP contribution in [0.25, 0.3) is 0 Å². The smallest absolute Gasteiger partial charge is 0.239 e. The highest BCUT2D eigenvalue weighted by Crippen LogP contribution is 2.24. The number of nitrogens with one attached hydrogen (secondary N) is 1. The second kappa shape index (κ2) is 8.17. The van der Waals surface area contributed by atoms with Crippen molar-refractivity contribution in [1.82, 2.24) is 4.90 Å². The second-order valence-electron chi connectivity index (χ2n) is 7.18. The summed E-state index contributed by atoms with van der Waals surface area (Å²) in [5.41, 5.74) is 2.88. The highest BCUT2D eigenvalue weighted by molar-refractivity contribution is 6.09. The van der Waals surface area contributed by atoms with Gasteiger partial charge in [0.15, 0.2) is 0 Å². The fourth-order valence-corrected chi connectivity index (χ4v) is 2.73. The quantitative estimate of drug-likeness (QED) is 0.787. The Kier molecular flexibility index (Phi) is 6.19. The summed E-state index contributed by atoms with van der Waals surface area (Å²) in [6, 6.07) is 15.6. The van der Waals surface area contributed by atoms with Crippen LogP contribution in [0.1, 0.15) is 37.5 Å². The van der Waals surface area contributed by atoms with Crippen molar-refractivity contribution in [1.29, 1.82) is 0 Å². The van der Waals surface area contributed by atoms with Gasteiger partial charge in [-0.25, -0.2) is 0 Å². The fraction of sp³-hybridized carbons (Fsp3) is 0.364. The van der Waals surface area contributed by atoms with E-state index >= 15 is 0 Å². The Labute approximate surface area is 156 Å². The second-order valence-corrected chi connectivity index (χ2v) is 7.18. The molecule has 0 aliphatic carbocycles. The van der Waals surface area contributed by atoms with Gasteiger partial charge < -0.3 is 10.2 Å². The number of nitrogens with zero attached hydrogens (tertiary/aromatic N) is 1. The van der Waals surface area contributed by atoms with Crippen LogP contribution in [0.5, 0.6) is 0 Å². The van der Waals surface area contributed by atoms with E-state index in [-0.39, 0.29) is 11.8 Å². The lowest BCUT2D eigenvalue weighted by molar-refractivity contribution is -0.146. The minimum atomic E-state index is -1.15. The van der Waals surface area contributed by atoms with Gasteiger partial charge in [0.25, 0.3) is 0 Å². The van der Waals surface area contributed by atoms with Gasteiger partial charge >= 0.3 is 0 Å². The molecule has 0 fully saturated rings. The molecule has 0 aromatic heterocycles. The average Bonchev–Trinajstić information content (AvgIpc) is 2.63. The highest BCUT2D eigenvalue weighted by Gasteiger charge is 2.38. The summed E-state index contributed by atoms with van der Waals surface area (Å²) in [4.78, 5) is 27.5. The number of amides is 2. The van der Waals surface area contributed by atoms with Gasteiger partial charge in [0, 0.05) is 18.8 Å². The van der Waals surface area contributed by atoms with Gasteiger partial charge in [-0.3, -0.25) is 9.59 Å². The minimum absolute atomic E-state index is 0.176. The summed E-state index contributed by atoms with van der Waals surface area (Å²) in [6.07, 6.45) is 0. The van der Waals surface area contributed by atoms with Crippen molar-refractivity contribution in [3.8, 4) is 0 Å². The monoisotopic (exact) mass is 352 g/mol. The lowest BCUT2D eigenvalue weighted by Gasteiger charge is -2.30. The van der Waals surface area contributed by atoms with Crippen LogP contribution in [0, 0.1) is 19.3 Å². The predicted octanol–water partition coefficient (Wildman–Crippen LogP) is 4.32. The molecule has 138 valence electrons. The van der Waals surface area contributed by atoms with E-state index in [1.54, 1.807) is 18.7 Å². The standard InChI is InChI=1S/C22H28N2O2/c1-6-24(15-18-10-8-7-9-11-18)21(26)22(4,5)20(25)23-19-13-12-16(2)17(3)14-19/h7-14H,6,15H2,1-5H3,(H,23,25). The molecule has 26 heavy (non-hydrogen) atoms. The maximum atomic E-state index is 13.0. The molecule has 0 aliphatic rings. The molecular weight excluding hydrogens is 324 g/mol. The van der Waals surface area contributed by atoms with E-state index in [2.05, 4.69) is 5.32 Å². The van der Waals surface area contributed by atoms with Crippen LogP contribution in [-0.2, 0) is 16.1 Å². The molecule has 0 bridgehead atoms. The maximum Gasteiger partial charge on any atom is 0.239 e. The molecule has 2 aromatic carbocycles. The highest BCUT2D eigenvalue weighted by atomic mass is 16.2. The zero-order valence-electron chi connectivity index (χ0n) is 16.3. The molecule has 0 spiro atoms. The first-order valence-electron chi connectivity index (χ1n) is 8.97. The Morgan fingerprint density at radius 3 is 2.23 bits per heavy atom. The van der Waals surface area contributed by atoms with Crippen molar-refractivity contribution >= 4 is 17.5 Å². The summed E-state index contributed by atoms with van der Waals surface area (Å²) < 4.78 is 0. The van der Waals surface area contributed by atoms with E-state index in [4.69, 9.17) is 0 Å². The summed E-state index contributed by atoms with van der Waals surface area (Å²) in [7, 11) is 0. The zero-order chi connectivity index (χ0) is 19.3. The van der Waals surface area contributed by atoms with E-state index < -0.39 is 5.41 Å². The SMILES string of the molecule is CCN(Cc1ccccc1)C(=O)C(C)(C)C(=O)Nc1ccc(C)c(C)c1. The van der Waals surface area contributed by atoms with Gasteiger partial charge in [-0.2, -0.15) is 0 Å². The van der Waals surface area contributed by atoms with Crippen molar-refractivity contribution < 1.29 is 9.59 Å². The van der Waals surface area contributed by atoms with Crippen molar-refractivity contribution in [2.75, 3.05) is 11.9 Å². The number of aryl methyl sites for hydroxylation is 2. The first kappa shape index (κ1) is 19.7. The number of rotatable bonds is 6. The lowest BCUT2D eigenvalue weighted by atomic mass is 9.89. The van der Waals surface area contributed by atoms with E-state index in [0.29, 0.717) is 18.8 Å². The first-order chi connectivity index (χ1) is 12.3. The van der Waals surface area contributed by atoms with Gasteiger partial charge in [0.2, 0.25) is 11.8 Å². The molecule has 4 heteroatoms. The van der Waals surface area contributed by atoms with Crippen LogP contribution in [0.15, 0.2) is 48.5 Å². The fourth-order valence-electron chi connectivity index (χ4n) is 2.73. The molecule has 0 unspecified atom stereocenters. The first-order valence-corrected chi connectivity index (χ1v) is 8.97. The Balaban J connectivity index is 2.13. The van der Waals surface area contributed by atoms with Gasteiger partial charge in [-0.15, -0.1) is 0 Å². The molecule has 0 radical (unpaired) electrons. The molecule has 0 heterocycles. The molecule has 4 nitrogen and oxygen atoms in total. The number of carbonyl (C=O) groups is 2. The van der Waals surface area contributed by atoms with Crippen LogP contribution >= 0.6 is 0 Å². The van der Waals surface area contributed by atoms with Gasteiger partial charge in [0.05, 0.1) is 0 Å². The Hall–Kier alpha value is -2.62. The third kappa shape index (κ3) is 4.51. The molecule has 0 atom stereocenters. The van der Waals surface area contributed by atoms with E-state index in [0.717, 1.165) is 11.1 Å². The number of carbonyl (C=O) groups excluding carboxylic acids is 2. The zero-order valence-corrected chi connectivity index (χ0v) is 16.3. The molecule has 0 aliphatic heterocycles. The Bertz CT molecular complexity index is 782. The molecule has 2 rings (SSSR count). The Morgan fingerprint density at radius 2 is 1.65 bits per heavy atom. The third-order valence-corrected chi connectivity index (χ3v) is 4.75. The van der Waals surface area contributed by atoms with Gasteiger partial charge in [-0.1, -0.05) is 36.4 Å². The predicted molar refractivity (Wildman–Crippen MR) is 106 cm³/mol. The number of anilines is 1. The third-order valence-electron chi connectivity index (χ3n) is 4.75. The van der Waals surface area contributed by atoms with E-state index in [1.807, 2.05) is 69.3 Å². The van der Waals surface area contributed by atoms with Gasteiger partial charge in [-0.05, 0) is 63.4 Å². The van der Waals surface area contributed by atoms with Crippen molar-refractivity contribution in [2.45, 2.75) is 41.2 Å². The minimum Gasteiger partial charge on any atom is -0.338 e. The van der Waals surface area contributed by atoms with Crippen molar-refractivity contribution in [3.05, 3.63) is 65.2 Å². The maximum absolute atomic E-state index is 13.0. The number of hydrogen-bond acceptors (Lipinski definition) is 2. The summed E-state index contributed by atoms with van der Waals surface area (Å²) in [5, 5.41) is 2.89. The van der Waals surface area contributed by atoms with Crippen LogP contribution in [-0.4, -0.2) is 23.3 Å². The molecule has 2 amide bonds. The average molecular weight is 352 g/mol. The number of hydrogen-bond donors (Lipinski definition) is 1. The van der Waals surface area contributed by atoms with Gasteiger partial charge in [0.1, 0.15) is 5.41 Å². The van der Waals surface area contributed by atoms with Crippen LogP contribution in [0.4, 0.5) is 5.69 Å². The summed E-state index contributed by atoms with van der Waals surface area (Å²) in [6.45, 7) is 10.4. The summed E-state index contributed by atoms with van der Waals surface area (Å²) >= 11 is 0. The Morgan fingerprint density at radius 1 is 1.00 bits per heavy atom. The van der Waals surface area contributed by atoms with Crippen LogP contribution in [0.2, 0.25) is 0 Å². The topological polar surface area (TPSA) is 49.4 Å². The normalized spacial score (nSPS) is 11.1. The summed E-state index contributed by atoms with van der Waals surface area (Å²) in [5.74, 6) is -0.470. The largest absolute Gasteiger partial charge is 0.338 e. The van der Waals surface area contributed by atoms with Crippen LogP contribution in [0.3, 0.4) is 0 Å². The molecule has 1 N–H and O–H groups in total. The molecular formula is C22H28N2O2. The van der Waals surface area contributed by atoms with Crippen LogP contribution < -0.4 is 5.32 Å². The van der Waals surface area contributed by atoms with E-state index in [1.165, 1.54) is 5.56 Å². The number of benzene rings is 2. The van der Waals surface area contributed by atoms with Crippen molar-refractivity contribution in [2.24, 2.45) is 5.41 Å².